The van der Waals surface area contributed by atoms with Crippen molar-refractivity contribution < 1.29 is 4.79 Å². The zero-order valence-corrected chi connectivity index (χ0v) is 12.1. The minimum Gasteiger partial charge on any atom is -0.289 e. The minimum absolute atomic E-state index is 0.146. The van der Waals surface area contributed by atoms with Gasteiger partial charge in [-0.25, -0.2) is 0 Å². The maximum Gasteiger partial charge on any atom is 0.193 e. The lowest BCUT2D eigenvalue weighted by molar-refractivity contribution is 0.103. The molecule has 0 atom stereocenters. The molecule has 0 aliphatic carbocycles. The Kier molecular flexibility index (Phi) is 3.84. The van der Waals surface area contributed by atoms with Gasteiger partial charge in [0.05, 0.1) is 0 Å². The molecule has 0 aromatic heterocycles. The van der Waals surface area contributed by atoms with Crippen molar-refractivity contribution in [2.24, 2.45) is 0 Å². The van der Waals surface area contributed by atoms with Gasteiger partial charge in [-0.1, -0.05) is 48.9 Å². The molecule has 2 rings (SSSR count). The maximum atomic E-state index is 12.8. The third kappa shape index (κ3) is 2.60. The average Bonchev–Trinajstić information content (AvgIpc) is 2.37. The van der Waals surface area contributed by atoms with Gasteiger partial charge in [0, 0.05) is 11.1 Å². The van der Waals surface area contributed by atoms with Gasteiger partial charge in [0.15, 0.2) is 5.78 Å². The Morgan fingerprint density at radius 1 is 1.00 bits per heavy atom. The van der Waals surface area contributed by atoms with Gasteiger partial charge in [-0.15, -0.1) is 0 Å². The Labute approximate surface area is 115 Å². The van der Waals surface area contributed by atoms with Crippen molar-refractivity contribution >= 4 is 5.78 Å². The Morgan fingerprint density at radius 2 is 1.58 bits per heavy atom. The summed E-state index contributed by atoms with van der Waals surface area (Å²) in [6.07, 6.45) is 0.881. The third-order valence-corrected chi connectivity index (χ3v) is 3.55. The molecule has 0 saturated heterocycles. The Balaban J connectivity index is 2.57. The van der Waals surface area contributed by atoms with Gasteiger partial charge in [-0.05, 0) is 43.9 Å². The van der Waals surface area contributed by atoms with Crippen molar-refractivity contribution in [1.82, 2.24) is 0 Å². The predicted molar refractivity (Wildman–Crippen MR) is 79.9 cm³/mol. The lowest BCUT2D eigenvalue weighted by Gasteiger charge is -2.12. The molecule has 19 heavy (non-hydrogen) atoms. The molecule has 2 aromatic carbocycles. The first kappa shape index (κ1) is 13.5. The van der Waals surface area contributed by atoms with Crippen molar-refractivity contribution in [3.05, 3.63) is 69.8 Å². The summed E-state index contributed by atoms with van der Waals surface area (Å²) in [6.45, 7) is 8.18. The lowest BCUT2D eigenvalue weighted by Crippen LogP contribution is -2.09. The van der Waals surface area contributed by atoms with Gasteiger partial charge in [-0.3, -0.25) is 4.79 Å². The van der Waals surface area contributed by atoms with E-state index in [0.29, 0.717) is 0 Å². The summed E-state index contributed by atoms with van der Waals surface area (Å²) >= 11 is 0. The molecule has 0 heterocycles. The predicted octanol–water partition coefficient (Wildman–Crippen LogP) is 4.41. The summed E-state index contributed by atoms with van der Waals surface area (Å²) in [5.41, 5.74) is 6.13. The van der Waals surface area contributed by atoms with E-state index >= 15 is 0 Å². The summed E-state index contributed by atoms with van der Waals surface area (Å²) in [4.78, 5) is 12.8. The first-order chi connectivity index (χ1) is 9.04. The quantitative estimate of drug-likeness (QED) is 0.740. The second-order valence-electron chi connectivity index (χ2n) is 5.11. The van der Waals surface area contributed by atoms with Crippen LogP contribution in [0.5, 0.6) is 0 Å². The van der Waals surface area contributed by atoms with E-state index in [0.717, 1.165) is 34.2 Å². The van der Waals surface area contributed by atoms with E-state index in [4.69, 9.17) is 0 Å². The first-order valence-electron chi connectivity index (χ1n) is 6.75. The van der Waals surface area contributed by atoms with Crippen LogP contribution in [0, 0.1) is 20.8 Å². The van der Waals surface area contributed by atoms with E-state index in [-0.39, 0.29) is 5.78 Å². The monoisotopic (exact) mass is 252 g/mol. The second-order valence-corrected chi connectivity index (χ2v) is 5.11. The summed E-state index contributed by atoms with van der Waals surface area (Å²) in [5.74, 6) is 0.146. The number of rotatable bonds is 3. The highest BCUT2D eigenvalue weighted by Crippen LogP contribution is 2.22. The second kappa shape index (κ2) is 5.40. The van der Waals surface area contributed by atoms with Crippen molar-refractivity contribution in [2.75, 3.05) is 0 Å². The fraction of sp³-hybridized carbons (Fsp3) is 0.278. The summed E-state index contributed by atoms with van der Waals surface area (Å²) in [5, 5.41) is 0. The number of hydrogen-bond acceptors (Lipinski definition) is 1. The van der Waals surface area contributed by atoms with E-state index in [2.05, 4.69) is 26.0 Å². The van der Waals surface area contributed by atoms with Crippen LogP contribution in [0.2, 0.25) is 0 Å². The lowest BCUT2D eigenvalue weighted by atomic mass is 9.90. The maximum absolute atomic E-state index is 12.8. The third-order valence-electron chi connectivity index (χ3n) is 3.55. The summed E-state index contributed by atoms with van der Waals surface area (Å²) in [7, 11) is 0. The average molecular weight is 252 g/mol. The van der Waals surface area contributed by atoms with Crippen LogP contribution in [0.25, 0.3) is 0 Å². The summed E-state index contributed by atoms with van der Waals surface area (Å²) in [6, 6.07) is 12.0. The fourth-order valence-electron chi connectivity index (χ4n) is 2.72. The zero-order chi connectivity index (χ0) is 14.0. The number of carbonyl (C=O) groups excluding carboxylic acids is 1. The van der Waals surface area contributed by atoms with Crippen LogP contribution in [0.3, 0.4) is 0 Å². The van der Waals surface area contributed by atoms with E-state index in [1.807, 2.05) is 38.1 Å². The molecular formula is C18H20O. The van der Waals surface area contributed by atoms with Crippen molar-refractivity contribution in [1.29, 1.82) is 0 Å². The van der Waals surface area contributed by atoms with Gasteiger partial charge in [0.25, 0.3) is 0 Å². The van der Waals surface area contributed by atoms with Crippen molar-refractivity contribution in [2.45, 2.75) is 34.1 Å². The summed E-state index contributed by atoms with van der Waals surface area (Å²) < 4.78 is 0. The highest BCUT2D eigenvalue weighted by atomic mass is 16.1. The normalized spacial score (nSPS) is 10.5. The van der Waals surface area contributed by atoms with Crippen LogP contribution < -0.4 is 0 Å². The number of carbonyl (C=O) groups is 1. The van der Waals surface area contributed by atoms with Crippen LogP contribution in [0.15, 0.2) is 36.4 Å². The highest BCUT2D eigenvalue weighted by molar-refractivity contribution is 6.11. The number of hydrogen-bond donors (Lipinski definition) is 0. The number of ketones is 1. The van der Waals surface area contributed by atoms with Gasteiger partial charge in [0.1, 0.15) is 0 Å². The van der Waals surface area contributed by atoms with Gasteiger partial charge in [-0.2, -0.15) is 0 Å². The molecule has 0 N–H and O–H groups in total. The van der Waals surface area contributed by atoms with Crippen molar-refractivity contribution in [3.63, 3.8) is 0 Å². The van der Waals surface area contributed by atoms with E-state index in [1.165, 1.54) is 5.56 Å². The van der Waals surface area contributed by atoms with Gasteiger partial charge >= 0.3 is 0 Å². The van der Waals surface area contributed by atoms with Crippen LogP contribution in [0.4, 0.5) is 0 Å². The first-order valence-corrected chi connectivity index (χ1v) is 6.75. The van der Waals surface area contributed by atoms with Crippen LogP contribution in [-0.2, 0) is 6.42 Å². The van der Waals surface area contributed by atoms with E-state index < -0.39 is 0 Å². The Hall–Kier alpha value is -1.89. The topological polar surface area (TPSA) is 17.1 Å². The molecule has 1 heteroatoms. The number of aryl methyl sites for hydroxylation is 4. The van der Waals surface area contributed by atoms with Gasteiger partial charge < -0.3 is 0 Å². The molecule has 0 bridgehead atoms. The van der Waals surface area contributed by atoms with Crippen LogP contribution in [-0.4, -0.2) is 5.78 Å². The largest absolute Gasteiger partial charge is 0.289 e. The van der Waals surface area contributed by atoms with Gasteiger partial charge in [0.2, 0.25) is 0 Å². The SMILES string of the molecule is CCc1ccccc1C(=O)c1c(C)cc(C)cc1C. The molecule has 0 unspecified atom stereocenters. The molecule has 0 spiro atoms. The Bertz CT molecular complexity index is 600. The molecular weight excluding hydrogens is 232 g/mol. The van der Waals surface area contributed by atoms with E-state index in [1.54, 1.807) is 0 Å². The molecule has 0 aliphatic heterocycles. The highest BCUT2D eigenvalue weighted by Gasteiger charge is 2.16. The fourth-order valence-corrected chi connectivity index (χ4v) is 2.72. The molecule has 1 nitrogen and oxygen atoms in total. The smallest absolute Gasteiger partial charge is 0.193 e. The molecule has 0 amide bonds. The number of benzene rings is 2. The van der Waals surface area contributed by atoms with E-state index in [9.17, 15) is 4.79 Å². The van der Waals surface area contributed by atoms with Crippen LogP contribution >= 0.6 is 0 Å². The molecule has 2 aromatic rings. The van der Waals surface area contributed by atoms with Crippen LogP contribution in [0.1, 0.15) is 45.1 Å². The standard InChI is InChI=1S/C18H20O/c1-5-15-8-6-7-9-16(15)18(19)17-13(3)10-12(2)11-14(17)4/h6-11H,5H2,1-4H3. The molecule has 0 fully saturated rings. The molecule has 0 saturated carbocycles. The minimum atomic E-state index is 0.146. The van der Waals surface area contributed by atoms with Crippen molar-refractivity contribution in [3.8, 4) is 0 Å². The molecule has 98 valence electrons. The molecule has 0 aliphatic rings. The zero-order valence-electron chi connectivity index (χ0n) is 12.1. The molecule has 0 radical (unpaired) electrons. The Morgan fingerprint density at radius 3 is 2.16 bits per heavy atom.